The third-order valence-corrected chi connectivity index (χ3v) is 4.48. The molecule has 118 valence electrons. The number of hydrogen-bond acceptors (Lipinski definition) is 4. The number of nitriles is 1. The molecule has 0 spiro atoms. The van der Waals surface area contributed by atoms with Crippen molar-refractivity contribution in [2.24, 2.45) is 0 Å². The van der Waals surface area contributed by atoms with Gasteiger partial charge in [0.25, 0.3) is 0 Å². The third-order valence-electron chi connectivity index (χ3n) is 4.48. The van der Waals surface area contributed by atoms with Gasteiger partial charge >= 0.3 is 5.97 Å². The summed E-state index contributed by atoms with van der Waals surface area (Å²) in [5.74, 6) is -0.536. The lowest BCUT2D eigenvalue weighted by Crippen LogP contribution is -2.34. The normalized spacial score (nSPS) is 21.1. The fraction of sp³-hybridized carbons (Fsp3) is 0.368. The molecule has 1 saturated heterocycles. The van der Waals surface area contributed by atoms with Gasteiger partial charge in [-0.05, 0) is 37.3 Å². The maximum absolute atomic E-state index is 12.1. The van der Waals surface area contributed by atoms with Gasteiger partial charge in [-0.1, -0.05) is 36.4 Å². The molecule has 0 aliphatic carbocycles. The molecule has 0 N–H and O–H groups in total. The molecule has 0 radical (unpaired) electrons. The largest absolute Gasteiger partial charge is 0.447 e. The Bertz CT molecular complexity index is 704. The Kier molecular flexibility index (Phi) is 4.20. The van der Waals surface area contributed by atoms with Crippen LogP contribution in [0.5, 0.6) is 0 Å². The molecule has 2 aliphatic heterocycles. The molecule has 1 atom stereocenters. The molecule has 4 heteroatoms. The summed E-state index contributed by atoms with van der Waals surface area (Å²) in [6, 6.07) is 9.99. The van der Waals surface area contributed by atoms with Crippen LogP contribution in [0.15, 0.2) is 42.1 Å². The van der Waals surface area contributed by atoms with Crippen LogP contribution in [-0.4, -0.2) is 30.1 Å². The predicted molar refractivity (Wildman–Crippen MR) is 88.2 cm³/mol. The van der Waals surface area contributed by atoms with E-state index in [4.69, 9.17) is 4.74 Å². The average Bonchev–Trinajstić information content (AvgIpc) is 2.92. The van der Waals surface area contributed by atoms with Crippen LogP contribution in [-0.2, 0) is 9.53 Å². The Morgan fingerprint density at radius 3 is 2.52 bits per heavy atom. The lowest BCUT2D eigenvalue weighted by Gasteiger charge is -2.32. The Labute approximate surface area is 136 Å². The quantitative estimate of drug-likeness (QED) is 0.805. The highest BCUT2D eigenvalue weighted by molar-refractivity contribution is 5.98. The van der Waals surface area contributed by atoms with E-state index >= 15 is 0 Å². The van der Waals surface area contributed by atoms with Crippen molar-refractivity contribution in [3.63, 3.8) is 0 Å². The molecule has 1 fully saturated rings. The number of benzene rings is 1. The molecule has 2 aliphatic rings. The number of cyclic esters (lactones) is 1. The van der Waals surface area contributed by atoms with E-state index in [-0.39, 0.29) is 5.57 Å². The fourth-order valence-electron chi connectivity index (χ4n) is 3.17. The number of ether oxygens (including phenoxy) is 1. The number of aryl methyl sites for hydroxylation is 1. The molecule has 0 amide bonds. The summed E-state index contributed by atoms with van der Waals surface area (Å²) < 4.78 is 5.50. The SMILES string of the molecule is C=C(c1ccc(C)cc1)C1OC(=O)C(C#N)=C1N1CCCCC1. The fourth-order valence-corrected chi connectivity index (χ4v) is 3.17. The highest BCUT2D eigenvalue weighted by Gasteiger charge is 2.39. The maximum Gasteiger partial charge on any atom is 0.351 e. The molecule has 3 rings (SSSR count). The zero-order valence-electron chi connectivity index (χ0n) is 13.3. The lowest BCUT2D eigenvalue weighted by molar-refractivity contribution is -0.137. The highest BCUT2D eigenvalue weighted by Crippen LogP contribution is 2.35. The zero-order valence-corrected chi connectivity index (χ0v) is 13.3. The summed E-state index contributed by atoms with van der Waals surface area (Å²) in [6.45, 7) is 7.87. The Balaban J connectivity index is 1.95. The van der Waals surface area contributed by atoms with Gasteiger partial charge in [0.2, 0.25) is 0 Å². The number of hydrogen-bond donors (Lipinski definition) is 0. The number of nitrogens with zero attached hydrogens (tertiary/aromatic N) is 2. The molecule has 0 aromatic heterocycles. The van der Waals surface area contributed by atoms with E-state index in [0.29, 0.717) is 5.70 Å². The smallest absolute Gasteiger partial charge is 0.351 e. The average molecular weight is 308 g/mol. The van der Waals surface area contributed by atoms with E-state index in [1.54, 1.807) is 0 Å². The van der Waals surface area contributed by atoms with Crippen molar-refractivity contribution in [1.82, 2.24) is 4.90 Å². The second kappa shape index (κ2) is 6.29. The summed E-state index contributed by atoms with van der Waals surface area (Å²) in [5, 5.41) is 9.38. The summed E-state index contributed by atoms with van der Waals surface area (Å²) in [7, 11) is 0. The van der Waals surface area contributed by atoms with E-state index in [1.165, 1.54) is 6.42 Å². The number of rotatable bonds is 3. The Morgan fingerprint density at radius 1 is 1.26 bits per heavy atom. The summed E-state index contributed by atoms with van der Waals surface area (Å²) in [5.41, 5.74) is 3.65. The first-order valence-electron chi connectivity index (χ1n) is 7.98. The molecular weight excluding hydrogens is 288 g/mol. The molecule has 4 nitrogen and oxygen atoms in total. The van der Waals surface area contributed by atoms with Gasteiger partial charge in [0.1, 0.15) is 6.07 Å². The van der Waals surface area contributed by atoms with Crippen molar-refractivity contribution in [3.05, 3.63) is 53.2 Å². The first-order valence-corrected chi connectivity index (χ1v) is 7.98. The molecule has 2 heterocycles. The van der Waals surface area contributed by atoms with Crippen molar-refractivity contribution in [2.75, 3.05) is 13.1 Å². The minimum absolute atomic E-state index is 0.130. The number of esters is 1. The molecule has 0 bridgehead atoms. The molecule has 0 saturated carbocycles. The Morgan fingerprint density at radius 2 is 1.91 bits per heavy atom. The van der Waals surface area contributed by atoms with E-state index < -0.39 is 12.1 Å². The second-order valence-electron chi connectivity index (χ2n) is 6.10. The minimum atomic E-state index is -0.557. The monoisotopic (exact) mass is 308 g/mol. The van der Waals surface area contributed by atoms with Crippen LogP contribution in [0, 0.1) is 18.3 Å². The number of piperidine rings is 1. The van der Waals surface area contributed by atoms with Gasteiger partial charge < -0.3 is 9.64 Å². The van der Waals surface area contributed by atoms with Gasteiger partial charge in [-0.2, -0.15) is 5.26 Å². The van der Waals surface area contributed by atoms with Crippen molar-refractivity contribution in [3.8, 4) is 6.07 Å². The van der Waals surface area contributed by atoms with E-state index in [1.807, 2.05) is 37.3 Å². The van der Waals surface area contributed by atoms with E-state index in [2.05, 4.69) is 11.5 Å². The molecular formula is C19H20N2O2. The molecule has 23 heavy (non-hydrogen) atoms. The van der Waals surface area contributed by atoms with Gasteiger partial charge in [-0.3, -0.25) is 0 Å². The van der Waals surface area contributed by atoms with E-state index in [0.717, 1.165) is 42.6 Å². The number of likely N-dealkylation sites (tertiary alicyclic amines) is 1. The minimum Gasteiger partial charge on any atom is -0.447 e. The van der Waals surface area contributed by atoms with Gasteiger partial charge in [-0.25, -0.2) is 4.79 Å². The van der Waals surface area contributed by atoms with Crippen LogP contribution in [0.1, 0.15) is 30.4 Å². The van der Waals surface area contributed by atoms with Gasteiger partial charge in [-0.15, -0.1) is 0 Å². The van der Waals surface area contributed by atoms with Gasteiger partial charge in [0.05, 0.1) is 5.70 Å². The van der Waals surface area contributed by atoms with Crippen molar-refractivity contribution >= 4 is 11.5 Å². The number of carbonyl (C=O) groups is 1. The molecule has 1 aromatic rings. The van der Waals surface area contributed by atoms with Crippen LogP contribution in [0.4, 0.5) is 0 Å². The van der Waals surface area contributed by atoms with Crippen molar-refractivity contribution in [1.29, 1.82) is 5.26 Å². The Hall–Kier alpha value is -2.54. The second-order valence-corrected chi connectivity index (χ2v) is 6.10. The first kappa shape index (κ1) is 15.4. The highest BCUT2D eigenvalue weighted by atomic mass is 16.5. The lowest BCUT2D eigenvalue weighted by atomic mass is 9.96. The summed E-state index contributed by atoms with van der Waals surface area (Å²) in [4.78, 5) is 14.2. The van der Waals surface area contributed by atoms with E-state index in [9.17, 15) is 10.1 Å². The van der Waals surface area contributed by atoms with Crippen LogP contribution in [0.3, 0.4) is 0 Å². The topological polar surface area (TPSA) is 53.3 Å². The maximum atomic E-state index is 12.1. The van der Waals surface area contributed by atoms with Gasteiger partial charge in [0.15, 0.2) is 11.7 Å². The van der Waals surface area contributed by atoms with Gasteiger partial charge in [0, 0.05) is 13.1 Å². The van der Waals surface area contributed by atoms with Crippen LogP contribution < -0.4 is 0 Å². The standard InChI is InChI=1S/C19H20N2O2/c1-13-6-8-15(9-7-13)14(2)18-17(16(12-20)19(22)23-18)21-10-4-3-5-11-21/h6-9,18H,2-5,10-11H2,1H3. The molecule has 1 unspecified atom stereocenters. The van der Waals surface area contributed by atoms with Crippen LogP contribution in [0.25, 0.3) is 5.57 Å². The van der Waals surface area contributed by atoms with Crippen molar-refractivity contribution in [2.45, 2.75) is 32.3 Å². The van der Waals surface area contributed by atoms with Crippen LogP contribution in [0.2, 0.25) is 0 Å². The van der Waals surface area contributed by atoms with Crippen molar-refractivity contribution < 1.29 is 9.53 Å². The summed E-state index contributed by atoms with van der Waals surface area (Å²) in [6.07, 6.45) is 2.77. The zero-order chi connectivity index (χ0) is 16.4. The summed E-state index contributed by atoms with van der Waals surface area (Å²) >= 11 is 0. The first-order chi connectivity index (χ1) is 11.1. The number of carbonyl (C=O) groups excluding carboxylic acids is 1. The third kappa shape index (κ3) is 2.87. The van der Waals surface area contributed by atoms with Crippen LogP contribution >= 0.6 is 0 Å². The predicted octanol–water partition coefficient (Wildman–Crippen LogP) is 3.20. The molecule has 1 aromatic carbocycles.